The van der Waals surface area contributed by atoms with Gasteiger partial charge in [-0.2, -0.15) is 13.2 Å². The molecule has 0 aliphatic rings. The SMILES string of the molecule is CCS(=O)(=O)c1cc(NC(=O)C(C)(C)O)cnc1CN(C)c1ccc(C(F)(F)F)nc1. The summed E-state index contributed by atoms with van der Waals surface area (Å²) in [5.74, 6) is -0.967. The number of hydrogen-bond donors (Lipinski definition) is 2. The molecule has 0 saturated heterocycles. The summed E-state index contributed by atoms with van der Waals surface area (Å²) in [5.41, 5.74) is -2.16. The molecule has 0 aromatic carbocycles. The molecular weight excluding hydrogens is 437 g/mol. The van der Waals surface area contributed by atoms with Gasteiger partial charge >= 0.3 is 6.18 Å². The highest BCUT2D eigenvalue weighted by Gasteiger charge is 2.32. The number of halogens is 3. The van der Waals surface area contributed by atoms with E-state index in [9.17, 15) is 31.5 Å². The predicted molar refractivity (Wildman–Crippen MR) is 108 cm³/mol. The summed E-state index contributed by atoms with van der Waals surface area (Å²) in [4.78, 5) is 20.9. The lowest BCUT2D eigenvalue weighted by atomic mass is 10.1. The van der Waals surface area contributed by atoms with E-state index in [0.717, 1.165) is 12.3 Å². The maximum atomic E-state index is 12.7. The number of sulfone groups is 1. The van der Waals surface area contributed by atoms with E-state index >= 15 is 0 Å². The molecule has 12 heteroatoms. The first kappa shape index (κ1) is 24.5. The molecule has 0 radical (unpaired) electrons. The number of carbonyl (C=O) groups excluding carboxylic acids is 1. The lowest BCUT2D eigenvalue weighted by Crippen LogP contribution is -2.36. The van der Waals surface area contributed by atoms with E-state index in [0.29, 0.717) is 5.69 Å². The quantitative estimate of drug-likeness (QED) is 0.653. The number of aromatic nitrogens is 2. The van der Waals surface area contributed by atoms with Crippen LogP contribution in [0.15, 0.2) is 35.5 Å². The number of alkyl halides is 3. The van der Waals surface area contributed by atoms with Crippen LogP contribution in [0.3, 0.4) is 0 Å². The first-order valence-electron chi connectivity index (χ1n) is 9.15. The third kappa shape index (κ3) is 6.14. The summed E-state index contributed by atoms with van der Waals surface area (Å²) < 4.78 is 63.2. The summed E-state index contributed by atoms with van der Waals surface area (Å²) in [6.45, 7) is 3.97. The Morgan fingerprint density at radius 3 is 2.32 bits per heavy atom. The average Bonchev–Trinajstić information content (AvgIpc) is 2.67. The molecule has 0 aliphatic carbocycles. The van der Waals surface area contributed by atoms with Gasteiger partial charge in [0.25, 0.3) is 5.91 Å². The third-order valence-corrected chi connectivity index (χ3v) is 6.11. The summed E-state index contributed by atoms with van der Waals surface area (Å²) in [7, 11) is -2.19. The van der Waals surface area contributed by atoms with Crippen molar-refractivity contribution in [1.82, 2.24) is 9.97 Å². The Kier molecular flexibility index (Phi) is 6.96. The lowest BCUT2D eigenvalue weighted by Gasteiger charge is -2.21. The van der Waals surface area contributed by atoms with Gasteiger partial charge < -0.3 is 15.3 Å². The van der Waals surface area contributed by atoms with Gasteiger partial charge in [0.05, 0.1) is 46.7 Å². The van der Waals surface area contributed by atoms with Crippen molar-refractivity contribution in [2.45, 2.75) is 44.0 Å². The number of nitrogens with one attached hydrogen (secondary N) is 1. The Morgan fingerprint density at radius 1 is 1.19 bits per heavy atom. The van der Waals surface area contributed by atoms with Gasteiger partial charge in [-0.05, 0) is 32.0 Å². The van der Waals surface area contributed by atoms with Gasteiger partial charge in [-0.25, -0.2) is 13.4 Å². The second-order valence-corrected chi connectivity index (χ2v) is 9.59. The van der Waals surface area contributed by atoms with Gasteiger partial charge in [0, 0.05) is 7.05 Å². The molecule has 0 fully saturated rings. The molecule has 0 saturated carbocycles. The van der Waals surface area contributed by atoms with Gasteiger partial charge in [-0.3, -0.25) is 9.78 Å². The van der Waals surface area contributed by atoms with Gasteiger partial charge in [0.15, 0.2) is 9.84 Å². The van der Waals surface area contributed by atoms with Crippen molar-refractivity contribution in [3.63, 3.8) is 0 Å². The molecule has 170 valence electrons. The zero-order valence-electron chi connectivity index (χ0n) is 17.4. The molecule has 2 aromatic heterocycles. The topological polar surface area (TPSA) is 112 Å². The van der Waals surface area contributed by atoms with Crippen molar-refractivity contribution in [1.29, 1.82) is 0 Å². The van der Waals surface area contributed by atoms with Gasteiger partial charge in [0.2, 0.25) is 0 Å². The van der Waals surface area contributed by atoms with E-state index in [1.54, 1.807) is 7.05 Å². The van der Waals surface area contributed by atoms with Gasteiger partial charge in [-0.1, -0.05) is 6.92 Å². The maximum Gasteiger partial charge on any atom is 0.433 e. The van der Waals surface area contributed by atoms with E-state index < -0.39 is 33.2 Å². The van der Waals surface area contributed by atoms with E-state index in [1.165, 1.54) is 44.0 Å². The number of aliphatic hydroxyl groups is 1. The zero-order valence-corrected chi connectivity index (χ0v) is 18.2. The van der Waals surface area contributed by atoms with Crippen LogP contribution in [0.1, 0.15) is 32.2 Å². The van der Waals surface area contributed by atoms with Crippen molar-refractivity contribution < 1.29 is 31.5 Å². The smallest absolute Gasteiger partial charge is 0.381 e. The van der Waals surface area contributed by atoms with Gasteiger partial charge in [0.1, 0.15) is 11.3 Å². The predicted octanol–water partition coefficient (Wildman–Crippen LogP) is 2.63. The normalized spacial score (nSPS) is 12.5. The van der Waals surface area contributed by atoms with E-state index in [-0.39, 0.29) is 28.6 Å². The molecular formula is C19H23F3N4O4S. The van der Waals surface area contributed by atoms with Crippen molar-refractivity contribution in [2.75, 3.05) is 23.0 Å². The van der Waals surface area contributed by atoms with E-state index in [2.05, 4.69) is 15.3 Å². The van der Waals surface area contributed by atoms with Crippen LogP contribution in [0, 0.1) is 0 Å². The molecule has 0 atom stereocenters. The molecule has 0 unspecified atom stereocenters. The molecule has 2 heterocycles. The first-order valence-corrected chi connectivity index (χ1v) is 10.8. The third-order valence-electron chi connectivity index (χ3n) is 4.33. The number of anilines is 2. The fourth-order valence-electron chi connectivity index (χ4n) is 2.46. The monoisotopic (exact) mass is 460 g/mol. The minimum absolute atomic E-state index is 0.0403. The average molecular weight is 460 g/mol. The molecule has 2 aromatic rings. The fraction of sp³-hybridized carbons (Fsp3) is 0.421. The van der Waals surface area contributed by atoms with Crippen molar-refractivity contribution in [3.8, 4) is 0 Å². The summed E-state index contributed by atoms with van der Waals surface area (Å²) in [5, 5.41) is 12.2. The standard InChI is InChI=1S/C19H23F3N4O4S/c1-5-31(29,30)15-8-12(25-17(27)18(2,3)28)9-23-14(15)11-26(4)13-6-7-16(24-10-13)19(20,21)22/h6-10,28H,5,11H2,1-4H3,(H,25,27). The van der Waals surface area contributed by atoms with Crippen LogP contribution in [0.25, 0.3) is 0 Å². The number of carbonyl (C=O) groups is 1. The minimum Gasteiger partial charge on any atom is -0.381 e. The highest BCUT2D eigenvalue weighted by molar-refractivity contribution is 7.91. The van der Waals surface area contributed by atoms with Gasteiger partial charge in [-0.15, -0.1) is 0 Å². The summed E-state index contributed by atoms with van der Waals surface area (Å²) >= 11 is 0. The molecule has 1 amide bonds. The maximum absolute atomic E-state index is 12.7. The summed E-state index contributed by atoms with van der Waals surface area (Å²) in [6, 6.07) is 3.30. The Hall–Kier alpha value is -2.73. The molecule has 0 spiro atoms. The van der Waals surface area contributed by atoms with Crippen LogP contribution in [0.2, 0.25) is 0 Å². The highest BCUT2D eigenvalue weighted by Crippen LogP contribution is 2.29. The lowest BCUT2D eigenvalue weighted by molar-refractivity contribution is -0.141. The Balaban J connectivity index is 2.36. The fourth-order valence-corrected chi connectivity index (χ4v) is 3.56. The molecule has 0 bridgehead atoms. The van der Waals surface area contributed by atoms with Crippen molar-refractivity contribution in [3.05, 3.63) is 42.0 Å². The molecule has 31 heavy (non-hydrogen) atoms. The largest absolute Gasteiger partial charge is 0.433 e. The molecule has 2 N–H and O–H groups in total. The zero-order chi connectivity index (χ0) is 23.6. The minimum atomic E-state index is -4.57. The van der Waals surface area contributed by atoms with Crippen LogP contribution in [-0.2, 0) is 27.4 Å². The Morgan fingerprint density at radius 2 is 1.84 bits per heavy atom. The summed E-state index contributed by atoms with van der Waals surface area (Å²) in [6.07, 6.45) is -2.29. The van der Waals surface area contributed by atoms with E-state index in [4.69, 9.17) is 0 Å². The number of nitrogens with zero attached hydrogens (tertiary/aromatic N) is 3. The van der Waals surface area contributed by atoms with Crippen molar-refractivity contribution in [2.24, 2.45) is 0 Å². The first-order chi connectivity index (χ1) is 14.1. The number of rotatable bonds is 7. The Labute approximate surface area is 178 Å². The van der Waals surface area contributed by atoms with E-state index in [1.807, 2.05) is 0 Å². The Bertz CT molecular complexity index is 1050. The van der Waals surface area contributed by atoms with Crippen LogP contribution in [-0.4, -0.2) is 47.8 Å². The number of amides is 1. The van der Waals surface area contributed by atoms with Crippen LogP contribution in [0.4, 0.5) is 24.5 Å². The van der Waals surface area contributed by atoms with Crippen LogP contribution < -0.4 is 10.2 Å². The highest BCUT2D eigenvalue weighted by atomic mass is 32.2. The second-order valence-electron chi connectivity index (χ2n) is 7.34. The van der Waals surface area contributed by atoms with Crippen molar-refractivity contribution >= 4 is 27.1 Å². The van der Waals surface area contributed by atoms with Crippen LogP contribution >= 0.6 is 0 Å². The molecule has 8 nitrogen and oxygen atoms in total. The molecule has 0 aliphatic heterocycles. The number of hydrogen-bond acceptors (Lipinski definition) is 7. The number of pyridine rings is 2. The molecule has 2 rings (SSSR count). The second kappa shape index (κ2) is 8.79. The van der Waals surface area contributed by atoms with Crippen LogP contribution in [0.5, 0.6) is 0 Å².